The van der Waals surface area contributed by atoms with Crippen LogP contribution in [0.2, 0.25) is 5.02 Å². The molecule has 1 N–H and O–H groups in total. The molecular weight excluding hydrogens is 340 g/mol. The van der Waals surface area contributed by atoms with Gasteiger partial charge in [-0.15, -0.1) is 0 Å². The fourth-order valence-electron chi connectivity index (χ4n) is 2.54. The van der Waals surface area contributed by atoms with Crippen LogP contribution in [0, 0.1) is 0 Å². The van der Waals surface area contributed by atoms with Gasteiger partial charge >= 0.3 is 6.09 Å². The van der Waals surface area contributed by atoms with Gasteiger partial charge in [0.05, 0.1) is 17.1 Å². The summed E-state index contributed by atoms with van der Waals surface area (Å²) in [5.74, 6) is 0. The van der Waals surface area contributed by atoms with Gasteiger partial charge in [-0.2, -0.15) is 9.78 Å². The standard InChI is InChI=1S/C19H19ClN2O3/c1-19(2,3)25-18(24)22-15-6-4-5-14(20)16(15)17(21-22)13-9-7-12(11-23)8-10-13/h4-10,23H,11H2,1-3H3. The van der Waals surface area contributed by atoms with Gasteiger partial charge in [0.25, 0.3) is 0 Å². The lowest BCUT2D eigenvalue weighted by Crippen LogP contribution is -2.27. The minimum absolute atomic E-state index is 0.0336. The molecule has 130 valence electrons. The minimum atomic E-state index is -0.628. The van der Waals surface area contributed by atoms with Crippen LogP contribution in [0.1, 0.15) is 26.3 Å². The summed E-state index contributed by atoms with van der Waals surface area (Å²) in [7, 11) is 0. The molecule has 0 fully saturated rings. The summed E-state index contributed by atoms with van der Waals surface area (Å²) in [5.41, 5.74) is 2.15. The second-order valence-electron chi connectivity index (χ2n) is 6.73. The lowest BCUT2D eigenvalue weighted by Gasteiger charge is -2.19. The second-order valence-corrected chi connectivity index (χ2v) is 7.14. The van der Waals surface area contributed by atoms with Gasteiger partial charge in [-0.05, 0) is 38.5 Å². The average Bonchev–Trinajstić information content (AvgIpc) is 2.94. The normalized spacial score (nSPS) is 11.7. The average molecular weight is 359 g/mol. The van der Waals surface area contributed by atoms with Crippen LogP contribution in [0.25, 0.3) is 22.2 Å². The summed E-state index contributed by atoms with van der Waals surface area (Å²) in [6, 6.07) is 12.6. The van der Waals surface area contributed by atoms with Crippen molar-refractivity contribution in [3.63, 3.8) is 0 Å². The largest absolute Gasteiger partial charge is 0.442 e. The Kier molecular flexibility index (Phi) is 4.54. The zero-order valence-electron chi connectivity index (χ0n) is 14.3. The van der Waals surface area contributed by atoms with Crippen molar-refractivity contribution < 1.29 is 14.6 Å². The van der Waals surface area contributed by atoms with E-state index in [4.69, 9.17) is 16.3 Å². The Morgan fingerprint density at radius 2 is 1.88 bits per heavy atom. The van der Waals surface area contributed by atoms with Gasteiger partial charge in [0.1, 0.15) is 11.3 Å². The summed E-state index contributed by atoms with van der Waals surface area (Å²) in [5, 5.41) is 14.8. The van der Waals surface area contributed by atoms with Crippen molar-refractivity contribution in [2.24, 2.45) is 0 Å². The first-order chi connectivity index (χ1) is 11.8. The first-order valence-corrected chi connectivity index (χ1v) is 8.29. The van der Waals surface area contributed by atoms with Crippen LogP contribution in [0.5, 0.6) is 0 Å². The number of aliphatic hydroxyl groups excluding tert-OH is 1. The molecule has 3 rings (SSSR count). The van der Waals surface area contributed by atoms with E-state index in [1.165, 1.54) is 4.68 Å². The zero-order chi connectivity index (χ0) is 18.2. The van der Waals surface area contributed by atoms with Crippen LogP contribution in [0.15, 0.2) is 42.5 Å². The number of hydrogen-bond donors (Lipinski definition) is 1. The van der Waals surface area contributed by atoms with E-state index in [0.717, 1.165) is 11.1 Å². The van der Waals surface area contributed by atoms with E-state index >= 15 is 0 Å². The Morgan fingerprint density at radius 1 is 1.20 bits per heavy atom. The van der Waals surface area contributed by atoms with Crippen LogP contribution < -0.4 is 0 Å². The molecule has 25 heavy (non-hydrogen) atoms. The topological polar surface area (TPSA) is 64.4 Å². The molecule has 0 aliphatic carbocycles. The molecule has 0 saturated carbocycles. The van der Waals surface area contributed by atoms with Gasteiger partial charge < -0.3 is 9.84 Å². The Morgan fingerprint density at radius 3 is 2.48 bits per heavy atom. The number of nitrogens with zero attached hydrogens (tertiary/aromatic N) is 2. The summed E-state index contributed by atoms with van der Waals surface area (Å²) >= 11 is 6.38. The van der Waals surface area contributed by atoms with Crippen molar-refractivity contribution in [3.05, 3.63) is 53.1 Å². The molecule has 1 aromatic heterocycles. The van der Waals surface area contributed by atoms with Gasteiger partial charge in [-0.3, -0.25) is 0 Å². The number of rotatable bonds is 2. The number of halogens is 1. The number of aromatic nitrogens is 2. The quantitative estimate of drug-likeness (QED) is 0.725. The smallest absolute Gasteiger partial charge is 0.435 e. The Bertz CT molecular complexity index is 924. The predicted octanol–water partition coefficient (Wildman–Crippen LogP) is 4.63. The van der Waals surface area contributed by atoms with Crippen LogP contribution in [-0.2, 0) is 11.3 Å². The number of benzene rings is 2. The monoisotopic (exact) mass is 358 g/mol. The van der Waals surface area contributed by atoms with Crippen LogP contribution in [0.3, 0.4) is 0 Å². The number of carbonyl (C=O) groups is 1. The van der Waals surface area contributed by atoms with Gasteiger partial charge in [0.2, 0.25) is 0 Å². The van der Waals surface area contributed by atoms with E-state index in [-0.39, 0.29) is 6.61 Å². The van der Waals surface area contributed by atoms with Crippen molar-refractivity contribution in [3.8, 4) is 11.3 Å². The molecule has 2 aromatic carbocycles. The molecule has 0 saturated heterocycles. The highest BCUT2D eigenvalue weighted by Gasteiger charge is 2.23. The van der Waals surface area contributed by atoms with E-state index in [9.17, 15) is 9.90 Å². The SMILES string of the molecule is CC(C)(C)OC(=O)n1nc(-c2ccc(CO)cc2)c2c(Cl)cccc21. The van der Waals surface area contributed by atoms with Gasteiger partial charge in [-0.25, -0.2) is 4.79 Å². The van der Waals surface area contributed by atoms with E-state index in [1.54, 1.807) is 39.0 Å². The first-order valence-electron chi connectivity index (χ1n) is 7.91. The number of carbonyl (C=O) groups excluding carboxylic acids is 1. The lowest BCUT2D eigenvalue weighted by atomic mass is 10.1. The van der Waals surface area contributed by atoms with Crippen molar-refractivity contribution in [2.75, 3.05) is 0 Å². The highest BCUT2D eigenvalue weighted by Crippen LogP contribution is 2.33. The van der Waals surface area contributed by atoms with Crippen molar-refractivity contribution >= 4 is 28.6 Å². The maximum atomic E-state index is 12.5. The van der Waals surface area contributed by atoms with Crippen molar-refractivity contribution in [1.82, 2.24) is 9.78 Å². The third-order valence-corrected chi connectivity index (χ3v) is 3.95. The molecule has 1 heterocycles. The van der Waals surface area contributed by atoms with Crippen LogP contribution >= 0.6 is 11.6 Å². The second kappa shape index (κ2) is 6.50. The molecule has 0 radical (unpaired) electrons. The maximum Gasteiger partial charge on any atom is 0.435 e. The third-order valence-electron chi connectivity index (χ3n) is 3.63. The van der Waals surface area contributed by atoms with Crippen molar-refractivity contribution in [2.45, 2.75) is 33.0 Å². The molecule has 0 spiro atoms. The Balaban J connectivity index is 2.17. The molecule has 0 aliphatic rings. The molecular formula is C19H19ClN2O3. The fourth-order valence-corrected chi connectivity index (χ4v) is 2.80. The van der Waals surface area contributed by atoms with Gasteiger partial charge in [0.15, 0.2) is 0 Å². The minimum Gasteiger partial charge on any atom is -0.442 e. The summed E-state index contributed by atoms with van der Waals surface area (Å²) in [6.45, 7) is 5.38. The molecule has 0 aliphatic heterocycles. The number of aliphatic hydroxyl groups is 1. The highest BCUT2D eigenvalue weighted by molar-refractivity contribution is 6.36. The fraction of sp³-hybridized carbons (Fsp3) is 0.263. The Labute approximate surface area is 150 Å². The van der Waals surface area contributed by atoms with Crippen molar-refractivity contribution in [1.29, 1.82) is 0 Å². The van der Waals surface area contributed by atoms with Gasteiger partial charge in [0, 0.05) is 10.9 Å². The van der Waals surface area contributed by atoms with Gasteiger partial charge in [-0.1, -0.05) is 41.9 Å². The molecule has 0 amide bonds. The molecule has 0 unspecified atom stereocenters. The molecule has 5 nitrogen and oxygen atoms in total. The summed E-state index contributed by atoms with van der Waals surface area (Å²) in [6.07, 6.45) is -0.557. The molecule has 3 aromatic rings. The zero-order valence-corrected chi connectivity index (χ0v) is 15.0. The van der Waals surface area contributed by atoms with E-state index in [1.807, 2.05) is 24.3 Å². The Hall–Kier alpha value is -2.37. The number of ether oxygens (including phenoxy) is 1. The summed E-state index contributed by atoms with van der Waals surface area (Å²) in [4.78, 5) is 12.5. The summed E-state index contributed by atoms with van der Waals surface area (Å²) < 4.78 is 6.68. The molecule has 0 bridgehead atoms. The number of fused-ring (bicyclic) bond motifs is 1. The van der Waals surface area contributed by atoms with Crippen LogP contribution in [0.4, 0.5) is 4.79 Å². The third kappa shape index (κ3) is 3.52. The highest BCUT2D eigenvalue weighted by atomic mass is 35.5. The van der Waals surface area contributed by atoms with E-state index < -0.39 is 11.7 Å². The van der Waals surface area contributed by atoms with E-state index in [0.29, 0.717) is 21.6 Å². The van der Waals surface area contributed by atoms with E-state index in [2.05, 4.69) is 5.10 Å². The maximum absolute atomic E-state index is 12.5. The molecule has 0 atom stereocenters. The predicted molar refractivity (Wildman–Crippen MR) is 97.7 cm³/mol. The lowest BCUT2D eigenvalue weighted by molar-refractivity contribution is 0.0523. The molecule has 6 heteroatoms. The number of hydrogen-bond acceptors (Lipinski definition) is 4. The van der Waals surface area contributed by atoms with Crippen LogP contribution in [-0.4, -0.2) is 26.6 Å². The first kappa shape index (κ1) is 17.5.